The minimum atomic E-state index is 0.00248. The van der Waals surface area contributed by atoms with Crippen LogP contribution in [-0.4, -0.2) is 75.1 Å². The summed E-state index contributed by atoms with van der Waals surface area (Å²) < 4.78 is 19.8. The van der Waals surface area contributed by atoms with Gasteiger partial charge in [0.1, 0.15) is 34.4 Å². The Hall–Kier alpha value is -4.26. The van der Waals surface area contributed by atoms with Gasteiger partial charge in [-0.05, 0) is 43.3 Å². The lowest BCUT2D eigenvalue weighted by Gasteiger charge is -2.33. The minimum absolute atomic E-state index is 0.00248. The van der Waals surface area contributed by atoms with Crippen LogP contribution in [0.25, 0.3) is 37.8 Å². The Morgan fingerprint density at radius 3 is 2.72 bits per heavy atom. The van der Waals surface area contributed by atoms with Crippen molar-refractivity contribution in [3.8, 4) is 33.4 Å². The van der Waals surface area contributed by atoms with Gasteiger partial charge in [0, 0.05) is 49.4 Å². The van der Waals surface area contributed by atoms with Gasteiger partial charge in [0.25, 0.3) is 5.91 Å². The topological polar surface area (TPSA) is 98.2 Å². The predicted molar refractivity (Wildman–Crippen MR) is 167 cm³/mol. The van der Waals surface area contributed by atoms with Crippen LogP contribution < -0.4 is 9.47 Å². The summed E-state index contributed by atoms with van der Waals surface area (Å²) in [5, 5.41) is 6.86. The van der Waals surface area contributed by atoms with Crippen molar-refractivity contribution in [2.75, 3.05) is 39.8 Å². The van der Waals surface area contributed by atoms with Gasteiger partial charge in [-0.1, -0.05) is 30.4 Å². The number of hydrogen-bond donors (Lipinski definition) is 0. The number of ether oxygens (including phenoxy) is 2. The number of fused-ring (bicyclic) bond motifs is 2. The highest BCUT2D eigenvalue weighted by Gasteiger charge is 2.24. The first kappa shape index (κ1) is 27.6. The molecule has 4 aromatic heterocycles. The summed E-state index contributed by atoms with van der Waals surface area (Å²) >= 11 is 2.95. The first-order valence-electron chi connectivity index (χ1n) is 14.1. The van der Waals surface area contributed by atoms with Crippen LogP contribution in [0, 0.1) is 6.92 Å². The molecule has 0 saturated carbocycles. The second-order valence-electron chi connectivity index (χ2n) is 10.4. The summed E-state index contributed by atoms with van der Waals surface area (Å²) in [4.78, 5) is 28.2. The molecule has 1 fully saturated rings. The van der Waals surface area contributed by atoms with Gasteiger partial charge in [0.2, 0.25) is 4.96 Å². The summed E-state index contributed by atoms with van der Waals surface area (Å²) in [6.45, 7) is 8.70. The lowest BCUT2D eigenvalue weighted by molar-refractivity contribution is 0.0643. The van der Waals surface area contributed by atoms with Crippen molar-refractivity contribution in [3.63, 3.8) is 0 Å². The quantitative estimate of drug-likeness (QED) is 0.206. The summed E-state index contributed by atoms with van der Waals surface area (Å²) in [6.07, 6.45) is 3.65. The number of carbonyl (C=O) groups is 1. The van der Waals surface area contributed by atoms with Crippen LogP contribution in [0.4, 0.5) is 0 Å². The molecule has 7 rings (SSSR count). The van der Waals surface area contributed by atoms with Crippen LogP contribution in [0.3, 0.4) is 0 Å². The maximum atomic E-state index is 13.1. The third-order valence-electron chi connectivity index (χ3n) is 7.64. The first-order valence-corrected chi connectivity index (χ1v) is 15.7. The highest BCUT2D eigenvalue weighted by atomic mass is 32.1. The molecular weight excluding hydrogens is 585 g/mol. The van der Waals surface area contributed by atoms with E-state index in [2.05, 4.69) is 26.9 Å². The Bertz CT molecular complexity index is 1900. The molecule has 220 valence electrons. The number of methoxy groups -OCH3 is 1. The highest BCUT2D eigenvalue weighted by Crippen LogP contribution is 2.35. The summed E-state index contributed by atoms with van der Waals surface area (Å²) in [5.74, 6) is 2.05. The van der Waals surface area contributed by atoms with Gasteiger partial charge in [0.15, 0.2) is 10.8 Å². The largest absolute Gasteiger partial charge is 0.497 e. The zero-order valence-corrected chi connectivity index (χ0v) is 25.7. The number of carbonyl (C=O) groups excluding carboxylic acids is 1. The van der Waals surface area contributed by atoms with Crippen LogP contribution >= 0.6 is 22.7 Å². The van der Waals surface area contributed by atoms with Gasteiger partial charge >= 0.3 is 0 Å². The number of piperazine rings is 1. The third kappa shape index (κ3) is 5.49. The third-order valence-corrected chi connectivity index (χ3v) is 9.51. The van der Waals surface area contributed by atoms with E-state index in [-0.39, 0.29) is 5.91 Å². The molecule has 0 radical (unpaired) electrons. The Morgan fingerprint density at radius 1 is 1.07 bits per heavy atom. The smallest absolute Gasteiger partial charge is 0.282 e. The van der Waals surface area contributed by atoms with E-state index in [1.807, 2.05) is 60.5 Å². The molecule has 0 N–H and O–H groups in total. The van der Waals surface area contributed by atoms with E-state index in [1.165, 1.54) is 22.7 Å². The van der Waals surface area contributed by atoms with Crippen molar-refractivity contribution in [3.05, 3.63) is 70.4 Å². The van der Waals surface area contributed by atoms with Crippen molar-refractivity contribution >= 4 is 44.5 Å². The number of thiazole rings is 1. The lowest BCUT2D eigenvalue weighted by Crippen LogP contribution is -2.48. The molecule has 1 amide bonds. The average Bonchev–Trinajstić information content (AvgIpc) is 3.83. The Balaban J connectivity index is 1.09. The number of amides is 1. The SMILES string of the molecule is CCN1CCN(C(=O)c2ncc(-c3cccc(OCc4cc(OC)cc5oc(-c6cn7nc(C)sc7n6)cc45)c3)s2)CC1. The van der Waals surface area contributed by atoms with Gasteiger partial charge in [-0.25, -0.2) is 14.5 Å². The fourth-order valence-electron chi connectivity index (χ4n) is 5.27. The Kier molecular flexibility index (Phi) is 7.33. The number of imidazole rings is 1. The average molecular weight is 615 g/mol. The fourth-order valence-corrected chi connectivity index (χ4v) is 6.88. The molecule has 5 heterocycles. The molecule has 43 heavy (non-hydrogen) atoms. The summed E-state index contributed by atoms with van der Waals surface area (Å²) in [7, 11) is 1.63. The van der Waals surface area contributed by atoms with Crippen molar-refractivity contribution in [1.29, 1.82) is 0 Å². The van der Waals surface area contributed by atoms with Crippen LogP contribution in [0.15, 0.2) is 59.3 Å². The predicted octanol–water partition coefficient (Wildman–Crippen LogP) is 6.00. The van der Waals surface area contributed by atoms with E-state index >= 15 is 0 Å². The monoisotopic (exact) mass is 614 g/mol. The van der Waals surface area contributed by atoms with Gasteiger partial charge in [-0.15, -0.1) is 11.3 Å². The fraction of sp³-hybridized carbons (Fsp3) is 0.290. The zero-order chi connectivity index (χ0) is 29.5. The van der Waals surface area contributed by atoms with Crippen molar-refractivity contribution in [2.24, 2.45) is 0 Å². The maximum absolute atomic E-state index is 13.1. The molecule has 0 aliphatic carbocycles. The molecule has 10 nitrogen and oxygen atoms in total. The Labute approximate surface area is 256 Å². The van der Waals surface area contributed by atoms with Crippen LogP contribution in [0.2, 0.25) is 0 Å². The summed E-state index contributed by atoms with van der Waals surface area (Å²) in [5.41, 5.74) is 3.30. The molecule has 0 unspecified atom stereocenters. The second-order valence-corrected chi connectivity index (χ2v) is 12.5. The first-order chi connectivity index (χ1) is 21.0. The van der Waals surface area contributed by atoms with Gasteiger partial charge in [-0.2, -0.15) is 5.10 Å². The Morgan fingerprint density at radius 2 is 1.93 bits per heavy atom. The van der Waals surface area contributed by atoms with Crippen LogP contribution in [-0.2, 0) is 6.61 Å². The zero-order valence-electron chi connectivity index (χ0n) is 24.1. The van der Waals surface area contributed by atoms with Crippen molar-refractivity contribution < 1.29 is 18.7 Å². The highest BCUT2D eigenvalue weighted by molar-refractivity contribution is 7.17. The van der Waals surface area contributed by atoms with Gasteiger partial charge in [0.05, 0.1) is 18.2 Å². The molecule has 0 atom stereocenters. The molecule has 0 spiro atoms. The number of rotatable bonds is 8. The summed E-state index contributed by atoms with van der Waals surface area (Å²) in [6, 6.07) is 13.7. The van der Waals surface area contributed by atoms with E-state index in [9.17, 15) is 4.79 Å². The van der Waals surface area contributed by atoms with E-state index in [0.717, 1.165) is 69.8 Å². The number of hydrogen-bond acceptors (Lipinski definition) is 10. The van der Waals surface area contributed by atoms with Crippen LogP contribution in [0.5, 0.6) is 11.5 Å². The number of nitrogens with zero attached hydrogens (tertiary/aromatic N) is 6. The van der Waals surface area contributed by atoms with Crippen LogP contribution in [0.1, 0.15) is 27.3 Å². The van der Waals surface area contributed by atoms with Crippen molar-refractivity contribution in [1.82, 2.24) is 29.4 Å². The molecule has 1 saturated heterocycles. The van der Waals surface area contributed by atoms with Gasteiger partial charge < -0.3 is 23.7 Å². The molecule has 1 aliphatic rings. The molecule has 12 heteroatoms. The minimum Gasteiger partial charge on any atom is -0.497 e. The standard InChI is InChI=1S/C31H30N6O4S2/c1-4-35-8-10-36(11-9-35)30(38)29-32-16-28(43-29)20-6-5-7-22(12-20)40-18-21-13-23(39-3)14-26-24(21)15-27(41-26)25-17-37-31(33-25)42-19(2)34-37/h5-7,12-17H,4,8-11,18H2,1-3H3. The maximum Gasteiger partial charge on any atom is 0.282 e. The molecule has 0 bridgehead atoms. The number of benzene rings is 2. The molecular formula is C31H30N6O4S2. The lowest BCUT2D eigenvalue weighted by atomic mass is 10.1. The second kappa shape index (κ2) is 11.4. The molecule has 1 aliphatic heterocycles. The van der Waals surface area contributed by atoms with E-state index in [4.69, 9.17) is 13.9 Å². The number of furan rings is 1. The van der Waals surface area contributed by atoms with E-state index in [0.29, 0.717) is 34.5 Å². The van der Waals surface area contributed by atoms with E-state index < -0.39 is 0 Å². The molecule has 6 aromatic rings. The number of aromatic nitrogens is 4. The van der Waals surface area contributed by atoms with E-state index in [1.54, 1.807) is 17.8 Å². The number of aryl methyl sites for hydroxylation is 1. The van der Waals surface area contributed by atoms with Crippen molar-refractivity contribution in [2.45, 2.75) is 20.5 Å². The van der Waals surface area contributed by atoms with Gasteiger partial charge in [-0.3, -0.25) is 4.79 Å². The number of likely N-dealkylation sites (N-methyl/N-ethyl adjacent to an activating group) is 1. The normalized spacial score (nSPS) is 14.2. The molecule has 2 aromatic carbocycles.